The van der Waals surface area contributed by atoms with Crippen molar-refractivity contribution in [2.24, 2.45) is 0 Å². The number of hydrogen-bond donors (Lipinski definition) is 1. The van der Waals surface area contributed by atoms with E-state index in [1.165, 1.54) is 0 Å². The summed E-state index contributed by atoms with van der Waals surface area (Å²) in [6, 6.07) is 15.7. The largest absolute Gasteiger partial charge is 0.463 e. The molecule has 0 fully saturated rings. The first kappa shape index (κ1) is 20.4. The van der Waals surface area contributed by atoms with Gasteiger partial charge in [0.15, 0.2) is 17.3 Å². The van der Waals surface area contributed by atoms with Crippen molar-refractivity contribution in [3.8, 4) is 11.5 Å². The van der Waals surface area contributed by atoms with Crippen LogP contribution in [-0.2, 0) is 14.3 Å². The maximum absolute atomic E-state index is 13.5. The van der Waals surface area contributed by atoms with Gasteiger partial charge < -0.3 is 19.5 Å². The third-order valence-electron chi connectivity index (χ3n) is 6.32. The molecule has 3 aliphatic rings. The fraction of sp³-hybridized carbons (Fsp3) is 0.308. The van der Waals surface area contributed by atoms with Gasteiger partial charge in [-0.2, -0.15) is 0 Å². The first-order valence-corrected chi connectivity index (χ1v) is 10.9. The predicted molar refractivity (Wildman–Crippen MR) is 118 cm³/mol. The fourth-order valence-corrected chi connectivity index (χ4v) is 4.91. The molecule has 2 unspecified atom stereocenters. The van der Waals surface area contributed by atoms with Crippen LogP contribution < -0.4 is 14.8 Å². The lowest BCUT2D eigenvalue weighted by atomic mass is 9.71. The van der Waals surface area contributed by atoms with E-state index in [2.05, 4.69) is 17.4 Å². The molecule has 6 heteroatoms. The highest BCUT2D eigenvalue weighted by molar-refractivity contribution is 6.04. The Kier molecular flexibility index (Phi) is 5.21. The zero-order chi connectivity index (χ0) is 22.2. The summed E-state index contributed by atoms with van der Waals surface area (Å²) in [5.41, 5.74) is 4.67. The summed E-state index contributed by atoms with van der Waals surface area (Å²) in [5.74, 6) is 0.506. The average molecular weight is 431 g/mol. The second-order valence-electron chi connectivity index (χ2n) is 8.26. The van der Waals surface area contributed by atoms with Crippen LogP contribution in [0.5, 0.6) is 11.5 Å². The van der Waals surface area contributed by atoms with Crippen LogP contribution in [0.4, 0.5) is 0 Å². The van der Waals surface area contributed by atoms with Crippen molar-refractivity contribution in [1.82, 2.24) is 5.32 Å². The molecule has 2 aromatic carbocycles. The molecule has 0 bridgehead atoms. The first-order chi connectivity index (χ1) is 15.6. The molecule has 6 nitrogen and oxygen atoms in total. The number of ketones is 1. The van der Waals surface area contributed by atoms with Crippen molar-refractivity contribution in [1.29, 1.82) is 0 Å². The molecule has 1 N–H and O–H groups in total. The molecule has 2 heterocycles. The van der Waals surface area contributed by atoms with Gasteiger partial charge in [0, 0.05) is 29.3 Å². The quantitative estimate of drug-likeness (QED) is 0.726. The summed E-state index contributed by atoms with van der Waals surface area (Å²) in [4.78, 5) is 26.5. The minimum atomic E-state index is -0.510. The van der Waals surface area contributed by atoms with Gasteiger partial charge in [-0.25, -0.2) is 4.79 Å². The molecule has 2 aromatic rings. The van der Waals surface area contributed by atoms with Gasteiger partial charge in [-0.15, -0.1) is 0 Å². The molecule has 164 valence electrons. The molecule has 0 saturated heterocycles. The van der Waals surface area contributed by atoms with Gasteiger partial charge in [-0.05, 0) is 49.4 Å². The van der Waals surface area contributed by atoms with Crippen molar-refractivity contribution in [2.45, 2.75) is 38.5 Å². The van der Waals surface area contributed by atoms with Gasteiger partial charge in [0.05, 0.1) is 12.2 Å². The number of ether oxygens (including phenoxy) is 3. The number of allylic oxidation sites excluding steroid dienone is 3. The molecular weight excluding hydrogens is 406 g/mol. The molecule has 5 rings (SSSR count). The number of carbonyl (C=O) groups is 2. The summed E-state index contributed by atoms with van der Waals surface area (Å²) in [6.07, 6.45) is 1.11. The standard InChI is InChI=1S/C26H25NO5/c1-3-30-26(29)23-15(2)27-19-11-18(16-7-5-4-6-8-16)12-20(28)25(19)24(23)17-9-10-21-22(13-17)32-14-31-21/h4-10,13,18,24,27H,3,11-12,14H2,1-2H3. The maximum atomic E-state index is 13.5. The number of esters is 1. The van der Waals surface area contributed by atoms with Crippen LogP contribution in [0.15, 0.2) is 71.1 Å². The highest BCUT2D eigenvalue weighted by Crippen LogP contribution is 2.47. The Morgan fingerprint density at radius 3 is 2.62 bits per heavy atom. The van der Waals surface area contributed by atoms with E-state index in [-0.39, 0.29) is 25.1 Å². The van der Waals surface area contributed by atoms with E-state index in [4.69, 9.17) is 14.2 Å². The summed E-state index contributed by atoms with van der Waals surface area (Å²) < 4.78 is 16.4. The Labute approximate surface area is 186 Å². The van der Waals surface area contributed by atoms with E-state index in [0.29, 0.717) is 41.2 Å². The zero-order valence-corrected chi connectivity index (χ0v) is 18.1. The third-order valence-corrected chi connectivity index (χ3v) is 6.32. The van der Waals surface area contributed by atoms with Gasteiger partial charge >= 0.3 is 5.97 Å². The number of dihydropyridines is 1. The minimum Gasteiger partial charge on any atom is -0.463 e. The Balaban J connectivity index is 1.60. The number of carbonyl (C=O) groups excluding carboxylic acids is 2. The van der Waals surface area contributed by atoms with Gasteiger partial charge in [-0.1, -0.05) is 36.4 Å². The second kappa shape index (κ2) is 8.19. The Hall–Kier alpha value is -3.54. The van der Waals surface area contributed by atoms with E-state index in [0.717, 1.165) is 16.8 Å². The monoisotopic (exact) mass is 431 g/mol. The van der Waals surface area contributed by atoms with Crippen LogP contribution in [-0.4, -0.2) is 25.2 Å². The fourth-order valence-electron chi connectivity index (χ4n) is 4.91. The lowest BCUT2D eigenvalue weighted by Crippen LogP contribution is -2.36. The number of hydrogen-bond acceptors (Lipinski definition) is 6. The summed E-state index contributed by atoms with van der Waals surface area (Å²) >= 11 is 0. The molecule has 32 heavy (non-hydrogen) atoms. The van der Waals surface area contributed by atoms with Gasteiger partial charge in [0.1, 0.15) is 0 Å². The van der Waals surface area contributed by atoms with Crippen molar-refractivity contribution in [2.75, 3.05) is 13.4 Å². The van der Waals surface area contributed by atoms with E-state index in [1.807, 2.05) is 43.3 Å². The molecular formula is C26H25NO5. The Morgan fingerprint density at radius 1 is 1.06 bits per heavy atom. The number of Topliss-reactive ketones (excluding diaryl/α,β-unsaturated/α-hetero) is 1. The van der Waals surface area contributed by atoms with E-state index >= 15 is 0 Å². The molecule has 1 aliphatic carbocycles. The molecule has 2 aliphatic heterocycles. The normalized spacial score (nSPS) is 21.9. The number of benzene rings is 2. The molecule has 0 radical (unpaired) electrons. The molecule has 0 aromatic heterocycles. The Morgan fingerprint density at radius 2 is 1.84 bits per heavy atom. The average Bonchev–Trinajstić information content (AvgIpc) is 3.26. The molecule has 0 spiro atoms. The van der Waals surface area contributed by atoms with Gasteiger partial charge in [0.2, 0.25) is 6.79 Å². The number of fused-ring (bicyclic) bond motifs is 1. The maximum Gasteiger partial charge on any atom is 0.336 e. The molecule has 2 atom stereocenters. The van der Waals surface area contributed by atoms with Crippen LogP contribution in [0.3, 0.4) is 0 Å². The van der Waals surface area contributed by atoms with Crippen LogP contribution in [0.25, 0.3) is 0 Å². The minimum absolute atomic E-state index is 0.0459. The summed E-state index contributed by atoms with van der Waals surface area (Å²) in [7, 11) is 0. The van der Waals surface area contributed by atoms with Crippen LogP contribution >= 0.6 is 0 Å². The van der Waals surface area contributed by atoms with Gasteiger partial charge in [-0.3, -0.25) is 4.79 Å². The molecule has 0 saturated carbocycles. The summed E-state index contributed by atoms with van der Waals surface area (Å²) in [6.45, 7) is 4.07. The first-order valence-electron chi connectivity index (χ1n) is 10.9. The highest BCUT2D eigenvalue weighted by atomic mass is 16.7. The smallest absolute Gasteiger partial charge is 0.336 e. The lowest BCUT2D eigenvalue weighted by Gasteiger charge is -2.36. The Bertz CT molecular complexity index is 1150. The third kappa shape index (κ3) is 3.45. The number of rotatable bonds is 4. The SMILES string of the molecule is CCOC(=O)C1=C(C)NC2=C(C(=O)CC(c3ccccc3)C2)C1c1ccc2c(c1)OCO2. The van der Waals surface area contributed by atoms with Crippen LogP contribution in [0, 0.1) is 0 Å². The predicted octanol–water partition coefficient (Wildman–Crippen LogP) is 4.34. The molecule has 0 amide bonds. The topological polar surface area (TPSA) is 73.9 Å². The van der Waals surface area contributed by atoms with Crippen molar-refractivity contribution in [3.05, 3.63) is 82.2 Å². The van der Waals surface area contributed by atoms with Crippen LogP contribution in [0.1, 0.15) is 49.7 Å². The highest BCUT2D eigenvalue weighted by Gasteiger charge is 2.41. The van der Waals surface area contributed by atoms with Crippen molar-refractivity contribution in [3.63, 3.8) is 0 Å². The lowest BCUT2D eigenvalue weighted by molar-refractivity contribution is -0.138. The van der Waals surface area contributed by atoms with E-state index in [1.54, 1.807) is 6.92 Å². The zero-order valence-electron chi connectivity index (χ0n) is 18.1. The van der Waals surface area contributed by atoms with E-state index < -0.39 is 11.9 Å². The van der Waals surface area contributed by atoms with Gasteiger partial charge in [0.25, 0.3) is 0 Å². The second-order valence-corrected chi connectivity index (χ2v) is 8.26. The van der Waals surface area contributed by atoms with E-state index in [9.17, 15) is 9.59 Å². The summed E-state index contributed by atoms with van der Waals surface area (Å²) in [5, 5.41) is 3.37. The number of nitrogens with one attached hydrogen (secondary N) is 1. The van der Waals surface area contributed by atoms with Crippen molar-refractivity contribution >= 4 is 11.8 Å². The van der Waals surface area contributed by atoms with Crippen molar-refractivity contribution < 1.29 is 23.8 Å². The van der Waals surface area contributed by atoms with Crippen LogP contribution in [0.2, 0.25) is 0 Å².